The maximum atomic E-state index is 11.2. The predicted octanol–water partition coefficient (Wildman–Crippen LogP) is 1.59. The van der Waals surface area contributed by atoms with Gasteiger partial charge in [0, 0.05) is 5.57 Å². The molecule has 98 valence electrons. The number of rotatable bonds is 4. The Morgan fingerprint density at radius 1 is 1.47 bits per heavy atom. The second-order valence-corrected chi connectivity index (χ2v) is 4.00. The molecule has 1 aromatic heterocycles. The van der Waals surface area contributed by atoms with Gasteiger partial charge in [0.25, 0.3) is 0 Å². The van der Waals surface area contributed by atoms with E-state index >= 15 is 0 Å². The average molecular weight is 259 g/mol. The van der Waals surface area contributed by atoms with E-state index < -0.39 is 5.97 Å². The third-order valence-corrected chi connectivity index (χ3v) is 2.37. The molecule has 2 rings (SSSR count). The van der Waals surface area contributed by atoms with E-state index in [1.54, 1.807) is 37.4 Å². The Hall–Kier alpha value is -2.63. The van der Waals surface area contributed by atoms with Crippen LogP contribution in [0, 0.1) is 0 Å². The number of hydrogen-bond donors (Lipinski definition) is 1. The van der Waals surface area contributed by atoms with E-state index in [2.05, 4.69) is 16.9 Å². The van der Waals surface area contributed by atoms with Crippen molar-refractivity contribution in [3.63, 3.8) is 0 Å². The zero-order chi connectivity index (χ0) is 13.8. The van der Waals surface area contributed by atoms with Crippen LogP contribution in [0.4, 0.5) is 0 Å². The number of benzene rings is 1. The molecule has 2 aromatic rings. The van der Waals surface area contributed by atoms with E-state index in [4.69, 9.17) is 4.74 Å². The number of aromatic nitrogens is 3. The highest BCUT2D eigenvalue weighted by Gasteiger charge is 2.09. The molecule has 0 radical (unpaired) electrons. The number of ether oxygens (including phenoxy) is 1. The molecule has 0 atom stereocenters. The minimum absolute atomic E-state index is 0.0132. The summed E-state index contributed by atoms with van der Waals surface area (Å²) in [5, 5.41) is 17.4. The number of esters is 1. The molecule has 0 amide bonds. The molecule has 6 heteroatoms. The molecule has 0 saturated carbocycles. The van der Waals surface area contributed by atoms with Gasteiger partial charge >= 0.3 is 5.97 Å². The highest BCUT2D eigenvalue weighted by molar-refractivity contribution is 5.86. The zero-order valence-electron chi connectivity index (χ0n) is 10.4. The Balaban J connectivity index is 2.10. The SMILES string of the molecule is C=C(C)C(=O)OCc1cn(-c2ccccc2O)nn1. The summed E-state index contributed by atoms with van der Waals surface area (Å²) in [5.41, 5.74) is 1.32. The lowest BCUT2D eigenvalue weighted by atomic mass is 10.3. The highest BCUT2D eigenvalue weighted by Crippen LogP contribution is 2.19. The van der Waals surface area contributed by atoms with Crippen LogP contribution < -0.4 is 0 Å². The Morgan fingerprint density at radius 3 is 2.89 bits per heavy atom. The minimum atomic E-state index is -0.475. The monoisotopic (exact) mass is 259 g/mol. The average Bonchev–Trinajstić information content (AvgIpc) is 2.85. The van der Waals surface area contributed by atoms with Crippen LogP contribution in [0.15, 0.2) is 42.6 Å². The summed E-state index contributed by atoms with van der Waals surface area (Å²) in [5.74, 6) is -0.380. The van der Waals surface area contributed by atoms with Crippen molar-refractivity contribution >= 4 is 5.97 Å². The molecule has 1 N–H and O–H groups in total. The first-order valence-electron chi connectivity index (χ1n) is 5.60. The van der Waals surface area contributed by atoms with E-state index in [1.165, 1.54) is 4.68 Å². The fourth-order valence-corrected chi connectivity index (χ4v) is 1.40. The van der Waals surface area contributed by atoms with Gasteiger partial charge in [-0.2, -0.15) is 0 Å². The van der Waals surface area contributed by atoms with Gasteiger partial charge in [0.1, 0.15) is 23.7 Å². The molecule has 1 aromatic carbocycles. The summed E-state index contributed by atoms with van der Waals surface area (Å²) in [6.45, 7) is 5.07. The van der Waals surface area contributed by atoms with Gasteiger partial charge in [-0.3, -0.25) is 0 Å². The van der Waals surface area contributed by atoms with Crippen molar-refractivity contribution in [2.75, 3.05) is 0 Å². The van der Waals surface area contributed by atoms with Gasteiger partial charge in [0.05, 0.1) is 6.20 Å². The maximum absolute atomic E-state index is 11.2. The fourth-order valence-electron chi connectivity index (χ4n) is 1.40. The number of phenols is 1. The Bertz CT molecular complexity index is 619. The van der Waals surface area contributed by atoms with Crippen molar-refractivity contribution in [3.05, 3.63) is 48.3 Å². The van der Waals surface area contributed by atoms with Crippen molar-refractivity contribution < 1.29 is 14.6 Å². The number of carbonyl (C=O) groups is 1. The Labute approximate surface area is 109 Å². The standard InChI is InChI=1S/C13H13N3O3/c1-9(2)13(18)19-8-10-7-16(15-14-10)11-5-3-4-6-12(11)17/h3-7,17H,1,8H2,2H3. The van der Waals surface area contributed by atoms with Crippen LogP contribution in [0.3, 0.4) is 0 Å². The molecular formula is C13H13N3O3. The molecule has 0 aliphatic heterocycles. The van der Waals surface area contributed by atoms with Crippen molar-refractivity contribution in [2.24, 2.45) is 0 Å². The minimum Gasteiger partial charge on any atom is -0.506 e. The van der Waals surface area contributed by atoms with Crippen LogP contribution in [0.25, 0.3) is 5.69 Å². The summed E-state index contributed by atoms with van der Waals surface area (Å²) >= 11 is 0. The van der Waals surface area contributed by atoms with E-state index in [9.17, 15) is 9.90 Å². The quantitative estimate of drug-likeness (QED) is 0.666. The van der Waals surface area contributed by atoms with Crippen molar-refractivity contribution in [1.29, 1.82) is 0 Å². The predicted molar refractivity (Wildman–Crippen MR) is 67.6 cm³/mol. The van der Waals surface area contributed by atoms with E-state index in [0.717, 1.165) is 0 Å². The summed E-state index contributed by atoms with van der Waals surface area (Å²) in [6, 6.07) is 6.74. The molecule has 6 nitrogen and oxygen atoms in total. The third-order valence-electron chi connectivity index (χ3n) is 2.37. The van der Waals surface area contributed by atoms with Gasteiger partial charge in [-0.25, -0.2) is 9.48 Å². The Kier molecular flexibility index (Phi) is 3.61. The van der Waals surface area contributed by atoms with Gasteiger partial charge in [0.2, 0.25) is 0 Å². The fraction of sp³-hybridized carbons (Fsp3) is 0.154. The second kappa shape index (κ2) is 5.34. The molecule has 1 heterocycles. The molecular weight excluding hydrogens is 246 g/mol. The Morgan fingerprint density at radius 2 is 2.21 bits per heavy atom. The number of aromatic hydroxyl groups is 1. The summed E-state index contributed by atoms with van der Waals surface area (Å²) < 4.78 is 6.37. The van der Waals surface area contributed by atoms with Crippen LogP contribution >= 0.6 is 0 Å². The van der Waals surface area contributed by atoms with E-state index in [1.807, 2.05) is 0 Å². The van der Waals surface area contributed by atoms with Crippen molar-refractivity contribution in [2.45, 2.75) is 13.5 Å². The number of hydrogen-bond acceptors (Lipinski definition) is 5. The molecule has 0 bridgehead atoms. The van der Waals surface area contributed by atoms with Crippen molar-refractivity contribution in [1.82, 2.24) is 15.0 Å². The van der Waals surface area contributed by atoms with Crippen LogP contribution in [-0.4, -0.2) is 26.1 Å². The number of phenolic OH excluding ortho intramolecular Hbond substituents is 1. The van der Waals surface area contributed by atoms with Crippen LogP contribution in [0.2, 0.25) is 0 Å². The lowest BCUT2D eigenvalue weighted by Gasteiger charge is -2.02. The van der Waals surface area contributed by atoms with Crippen LogP contribution in [0.5, 0.6) is 5.75 Å². The molecule has 0 saturated heterocycles. The second-order valence-electron chi connectivity index (χ2n) is 4.00. The van der Waals surface area contributed by atoms with E-state index in [-0.39, 0.29) is 12.4 Å². The lowest BCUT2D eigenvalue weighted by Crippen LogP contribution is -2.04. The first-order chi connectivity index (χ1) is 9.08. The number of para-hydroxylation sites is 2. The number of nitrogens with zero attached hydrogens (tertiary/aromatic N) is 3. The first-order valence-corrected chi connectivity index (χ1v) is 5.60. The smallest absolute Gasteiger partial charge is 0.333 e. The summed E-state index contributed by atoms with van der Waals surface area (Å²) in [4.78, 5) is 11.2. The van der Waals surface area contributed by atoms with Crippen LogP contribution in [0.1, 0.15) is 12.6 Å². The molecule has 0 aliphatic rings. The molecule has 0 fully saturated rings. The van der Waals surface area contributed by atoms with E-state index in [0.29, 0.717) is 17.0 Å². The third kappa shape index (κ3) is 2.98. The lowest BCUT2D eigenvalue weighted by molar-refractivity contribution is -0.140. The molecule has 0 aliphatic carbocycles. The molecule has 19 heavy (non-hydrogen) atoms. The van der Waals surface area contributed by atoms with Crippen LogP contribution in [-0.2, 0) is 16.1 Å². The normalized spacial score (nSPS) is 10.2. The first kappa shape index (κ1) is 12.8. The number of carbonyl (C=O) groups excluding carboxylic acids is 1. The zero-order valence-corrected chi connectivity index (χ0v) is 10.4. The molecule has 0 spiro atoms. The van der Waals surface area contributed by atoms with Gasteiger partial charge in [-0.1, -0.05) is 23.9 Å². The van der Waals surface area contributed by atoms with Gasteiger partial charge < -0.3 is 9.84 Å². The largest absolute Gasteiger partial charge is 0.506 e. The summed E-state index contributed by atoms with van der Waals surface area (Å²) in [6.07, 6.45) is 1.58. The maximum Gasteiger partial charge on any atom is 0.333 e. The van der Waals surface area contributed by atoms with Crippen molar-refractivity contribution in [3.8, 4) is 11.4 Å². The van der Waals surface area contributed by atoms with Gasteiger partial charge in [-0.05, 0) is 19.1 Å². The summed E-state index contributed by atoms with van der Waals surface area (Å²) in [7, 11) is 0. The van der Waals surface area contributed by atoms with Gasteiger partial charge in [0.15, 0.2) is 0 Å². The van der Waals surface area contributed by atoms with Gasteiger partial charge in [-0.15, -0.1) is 5.10 Å². The highest BCUT2D eigenvalue weighted by atomic mass is 16.5. The topological polar surface area (TPSA) is 77.2 Å². The molecule has 0 unspecified atom stereocenters.